The Hall–Kier alpha value is -0.810. The molecule has 0 aliphatic heterocycles. The number of nitrogens with one attached hydrogen (secondary N) is 2. The lowest BCUT2D eigenvalue weighted by Gasteiger charge is -2.21. The third-order valence-corrected chi connectivity index (χ3v) is 1.54. The number of hydrogen-bond donors (Lipinski definition) is 2. The zero-order valence-corrected chi connectivity index (χ0v) is 10.9. The number of ether oxygens (including phenoxy) is 1. The van der Waals surface area contributed by atoms with Gasteiger partial charge in [0.2, 0.25) is 0 Å². The van der Waals surface area contributed by atoms with Gasteiger partial charge in [-0.1, -0.05) is 6.92 Å². The summed E-state index contributed by atoms with van der Waals surface area (Å²) >= 11 is 0. The molecule has 0 saturated heterocycles. The van der Waals surface area contributed by atoms with Crippen molar-refractivity contribution >= 4 is 6.09 Å². The Kier molecular flexibility index (Phi) is 7.08. The maximum absolute atomic E-state index is 11.3. The van der Waals surface area contributed by atoms with Gasteiger partial charge in [-0.05, 0) is 34.1 Å². The molecule has 96 valence electrons. The summed E-state index contributed by atoms with van der Waals surface area (Å²) in [6.07, 6.45) is 0.552. The van der Waals surface area contributed by atoms with Crippen molar-refractivity contribution in [3.8, 4) is 0 Å². The van der Waals surface area contributed by atoms with Gasteiger partial charge in [0.05, 0.1) is 6.61 Å². The molecule has 0 fully saturated rings. The quantitative estimate of drug-likeness (QED) is 0.542. The smallest absolute Gasteiger partial charge is 0.407 e. The third-order valence-electron chi connectivity index (χ3n) is 1.54. The molecule has 0 heterocycles. The van der Waals surface area contributed by atoms with Crippen molar-refractivity contribution in [1.29, 1.82) is 0 Å². The first-order chi connectivity index (χ1) is 7.35. The van der Waals surface area contributed by atoms with Crippen molar-refractivity contribution in [2.24, 2.45) is 0 Å². The largest absolute Gasteiger partial charge is 0.444 e. The molecule has 5 heteroatoms. The Morgan fingerprint density at radius 2 is 2.00 bits per heavy atom. The van der Waals surface area contributed by atoms with E-state index in [9.17, 15) is 4.79 Å². The monoisotopic (exact) mass is 232 g/mol. The van der Waals surface area contributed by atoms with Crippen LogP contribution in [-0.2, 0) is 9.57 Å². The topological polar surface area (TPSA) is 59.6 Å². The van der Waals surface area contributed by atoms with Gasteiger partial charge < -0.3 is 14.9 Å². The number of hydroxylamine groups is 1. The molecule has 0 rings (SSSR count). The molecule has 0 saturated carbocycles. The van der Waals surface area contributed by atoms with Crippen LogP contribution in [0.1, 0.15) is 41.0 Å². The zero-order valence-electron chi connectivity index (χ0n) is 10.9. The van der Waals surface area contributed by atoms with Crippen molar-refractivity contribution in [2.45, 2.75) is 52.7 Å². The fourth-order valence-electron chi connectivity index (χ4n) is 0.896. The van der Waals surface area contributed by atoms with Crippen LogP contribution >= 0.6 is 0 Å². The highest BCUT2D eigenvalue weighted by Crippen LogP contribution is 2.06. The Morgan fingerprint density at radius 3 is 2.50 bits per heavy atom. The van der Waals surface area contributed by atoms with Crippen LogP contribution in [0.25, 0.3) is 0 Å². The molecule has 0 aliphatic carbocycles. The minimum absolute atomic E-state index is 0.0547. The maximum atomic E-state index is 11.3. The molecular weight excluding hydrogens is 208 g/mol. The number of rotatable bonds is 6. The van der Waals surface area contributed by atoms with E-state index in [0.717, 1.165) is 6.42 Å². The Morgan fingerprint density at radius 1 is 1.38 bits per heavy atom. The predicted molar refractivity (Wildman–Crippen MR) is 63.1 cm³/mol. The van der Waals surface area contributed by atoms with Crippen molar-refractivity contribution in [3.05, 3.63) is 0 Å². The van der Waals surface area contributed by atoms with Crippen LogP contribution < -0.4 is 10.8 Å². The first kappa shape index (κ1) is 15.2. The number of amides is 1. The Labute approximate surface area is 97.8 Å². The Balaban J connectivity index is 3.59. The van der Waals surface area contributed by atoms with Gasteiger partial charge in [0.25, 0.3) is 0 Å². The highest BCUT2D eigenvalue weighted by Gasteiger charge is 2.16. The summed E-state index contributed by atoms with van der Waals surface area (Å²) in [7, 11) is 0. The fraction of sp³-hybridized carbons (Fsp3) is 0.909. The van der Waals surface area contributed by atoms with Crippen LogP contribution in [0.4, 0.5) is 4.79 Å². The van der Waals surface area contributed by atoms with E-state index in [1.165, 1.54) is 0 Å². The zero-order chi connectivity index (χ0) is 12.6. The maximum Gasteiger partial charge on any atom is 0.407 e. The highest BCUT2D eigenvalue weighted by molar-refractivity contribution is 5.67. The summed E-state index contributed by atoms with van der Waals surface area (Å²) in [4.78, 5) is 16.4. The minimum atomic E-state index is -0.459. The second-order valence-electron chi connectivity index (χ2n) is 4.75. The molecular formula is C11H24N2O3. The van der Waals surface area contributed by atoms with Gasteiger partial charge in [0.1, 0.15) is 5.60 Å². The Bertz CT molecular complexity index is 202. The van der Waals surface area contributed by atoms with Crippen LogP contribution in [-0.4, -0.2) is 30.9 Å². The lowest BCUT2D eigenvalue weighted by atomic mass is 10.2. The molecule has 0 aromatic heterocycles. The average Bonchev–Trinajstić information content (AvgIpc) is 2.12. The van der Waals surface area contributed by atoms with E-state index >= 15 is 0 Å². The van der Waals surface area contributed by atoms with E-state index in [1.807, 2.05) is 34.6 Å². The molecule has 16 heavy (non-hydrogen) atoms. The van der Waals surface area contributed by atoms with E-state index in [1.54, 1.807) is 0 Å². The van der Waals surface area contributed by atoms with E-state index in [-0.39, 0.29) is 6.04 Å². The molecule has 0 aromatic rings. The molecule has 0 aliphatic rings. The van der Waals surface area contributed by atoms with Crippen molar-refractivity contribution in [2.75, 3.05) is 13.2 Å². The molecule has 2 N–H and O–H groups in total. The van der Waals surface area contributed by atoms with E-state index in [2.05, 4.69) is 10.8 Å². The average molecular weight is 232 g/mol. The molecule has 0 spiro atoms. The second kappa shape index (κ2) is 7.46. The lowest BCUT2D eigenvalue weighted by Crippen LogP contribution is -2.41. The van der Waals surface area contributed by atoms with Gasteiger partial charge in [-0.3, -0.25) is 0 Å². The number of alkyl carbamates (subject to hydrolysis) is 1. The standard InChI is InChI=1S/C11H24N2O3/c1-6-7-15-13-9(2)8-12-10(14)16-11(3,4)5/h9,13H,6-8H2,1-5H3,(H,12,14). The SMILES string of the molecule is CCCONC(C)CNC(=O)OC(C)(C)C. The third kappa shape index (κ3) is 9.73. The van der Waals surface area contributed by atoms with Crippen molar-refractivity contribution in [3.63, 3.8) is 0 Å². The van der Waals surface area contributed by atoms with Crippen molar-refractivity contribution in [1.82, 2.24) is 10.8 Å². The summed E-state index contributed by atoms with van der Waals surface area (Å²) in [5, 5.41) is 2.66. The van der Waals surface area contributed by atoms with Gasteiger partial charge >= 0.3 is 6.09 Å². The van der Waals surface area contributed by atoms with Gasteiger partial charge in [-0.15, -0.1) is 0 Å². The van der Waals surface area contributed by atoms with E-state index < -0.39 is 11.7 Å². The van der Waals surface area contributed by atoms with Crippen LogP contribution in [0.15, 0.2) is 0 Å². The van der Waals surface area contributed by atoms with E-state index in [4.69, 9.17) is 9.57 Å². The van der Waals surface area contributed by atoms with Crippen molar-refractivity contribution < 1.29 is 14.4 Å². The number of hydrogen-bond acceptors (Lipinski definition) is 4. The van der Waals surface area contributed by atoms with Crippen LogP contribution in [0, 0.1) is 0 Å². The van der Waals surface area contributed by atoms with Crippen LogP contribution in [0.3, 0.4) is 0 Å². The summed E-state index contributed by atoms with van der Waals surface area (Å²) in [5.74, 6) is 0. The van der Waals surface area contributed by atoms with Crippen LogP contribution in [0.2, 0.25) is 0 Å². The van der Waals surface area contributed by atoms with Gasteiger partial charge in [-0.2, -0.15) is 5.48 Å². The molecule has 1 unspecified atom stereocenters. The van der Waals surface area contributed by atoms with E-state index in [0.29, 0.717) is 13.2 Å². The summed E-state index contributed by atoms with van der Waals surface area (Å²) in [5.41, 5.74) is 2.37. The van der Waals surface area contributed by atoms with Gasteiger partial charge in [-0.25, -0.2) is 4.79 Å². The summed E-state index contributed by atoms with van der Waals surface area (Å²) in [6, 6.07) is 0.0547. The molecule has 0 bridgehead atoms. The fourth-order valence-corrected chi connectivity index (χ4v) is 0.896. The molecule has 0 aromatic carbocycles. The number of carbonyl (C=O) groups is 1. The predicted octanol–water partition coefficient (Wildman–Crippen LogP) is 1.83. The molecule has 0 radical (unpaired) electrons. The van der Waals surface area contributed by atoms with Gasteiger partial charge in [0, 0.05) is 12.6 Å². The first-order valence-electron chi connectivity index (χ1n) is 5.69. The number of carbonyl (C=O) groups excluding carboxylic acids is 1. The molecule has 1 atom stereocenters. The van der Waals surface area contributed by atoms with Crippen LogP contribution in [0.5, 0.6) is 0 Å². The first-order valence-corrected chi connectivity index (χ1v) is 5.69. The molecule has 1 amide bonds. The molecule has 5 nitrogen and oxygen atoms in total. The normalized spacial score (nSPS) is 13.3. The summed E-state index contributed by atoms with van der Waals surface area (Å²) < 4.78 is 5.10. The van der Waals surface area contributed by atoms with Gasteiger partial charge in [0.15, 0.2) is 0 Å². The second-order valence-corrected chi connectivity index (χ2v) is 4.75. The summed E-state index contributed by atoms with van der Waals surface area (Å²) in [6.45, 7) is 10.6. The minimum Gasteiger partial charge on any atom is -0.444 e. The highest BCUT2D eigenvalue weighted by atomic mass is 16.6. The lowest BCUT2D eigenvalue weighted by molar-refractivity contribution is 0.0181.